The summed E-state index contributed by atoms with van der Waals surface area (Å²) in [4.78, 5) is 22.6. The summed E-state index contributed by atoms with van der Waals surface area (Å²) in [7, 11) is 1.64. The van der Waals surface area contributed by atoms with E-state index < -0.39 is 0 Å². The summed E-state index contributed by atoms with van der Waals surface area (Å²) in [6, 6.07) is 15.5. The molecular formula is C25H28N6O4. The molecular weight excluding hydrogens is 448 g/mol. The van der Waals surface area contributed by atoms with E-state index in [1.807, 2.05) is 54.7 Å². The van der Waals surface area contributed by atoms with Crippen LogP contribution in [0.2, 0.25) is 0 Å². The van der Waals surface area contributed by atoms with Gasteiger partial charge in [-0.05, 0) is 54.1 Å². The number of aromatic nitrogens is 3. The smallest absolute Gasteiger partial charge is 0.328 e. The molecule has 0 atom stereocenters. The molecule has 10 nitrogen and oxygen atoms in total. The number of aliphatic imine (C=N–C) groups is 1. The lowest BCUT2D eigenvalue weighted by molar-refractivity contribution is 0.121. The van der Waals surface area contributed by atoms with Crippen LogP contribution >= 0.6 is 0 Å². The highest BCUT2D eigenvalue weighted by Crippen LogP contribution is 2.24. The highest BCUT2D eigenvalue weighted by molar-refractivity contribution is 5.82. The fourth-order valence-corrected chi connectivity index (χ4v) is 3.74. The molecule has 0 saturated carbocycles. The van der Waals surface area contributed by atoms with Gasteiger partial charge in [0.15, 0.2) is 0 Å². The molecule has 0 spiro atoms. The molecule has 2 saturated heterocycles. The number of benzene rings is 2. The van der Waals surface area contributed by atoms with Gasteiger partial charge in [-0.15, -0.1) is 0 Å². The zero-order chi connectivity index (χ0) is 23.9. The average Bonchev–Trinajstić information content (AvgIpc) is 2.94. The maximum Gasteiger partial charge on any atom is 0.328 e. The zero-order valence-electron chi connectivity index (χ0n) is 19.7. The van der Waals surface area contributed by atoms with Crippen LogP contribution in [0, 0.1) is 0 Å². The van der Waals surface area contributed by atoms with Crippen molar-refractivity contribution in [1.29, 1.82) is 0 Å². The minimum atomic E-state index is 0.266. The van der Waals surface area contributed by atoms with Crippen molar-refractivity contribution in [1.82, 2.24) is 15.0 Å². The van der Waals surface area contributed by atoms with Crippen molar-refractivity contribution in [3.05, 3.63) is 54.1 Å². The highest BCUT2D eigenvalue weighted by atomic mass is 16.5. The van der Waals surface area contributed by atoms with Gasteiger partial charge >= 0.3 is 6.01 Å². The van der Waals surface area contributed by atoms with E-state index in [1.54, 1.807) is 7.11 Å². The lowest BCUT2D eigenvalue weighted by Gasteiger charge is -2.30. The molecule has 2 aliphatic rings. The van der Waals surface area contributed by atoms with Crippen LogP contribution in [0.1, 0.15) is 5.56 Å². The van der Waals surface area contributed by atoms with E-state index in [2.05, 4.69) is 24.8 Å². The zero-order valence-corrected chi connectivity index (χ0v) is 19.7. The van der Waals surface area contributed by atoms with Crippen LogP contribution in [-0.2, 0) is 9.47 Å². The first-order valence-corrected chi connectivity index (χ1v) is 11.6. The summed E-state index contributed by atoms with van der Waals surface area (Å²) >= 11 is 0. The topological polar surface area (TPSA) is 94.4 Å². The summed E-state index contributed by atoms with van der Waals surface area (Å²) in [5.41, 5.74) is 1.80. The quantitative estimate of drug-likeness (QED) is 0.477. The Balaban J connectivity index is 1.31. The van der Waals surface area contributed by atoms with Crippen LogP contribution in [0.4, 0.5) is 17.6 Å². The minimum Gasteiger partial charge on any atom is -0.497 e. The Morgan fingerprint density at radius 1 is 0.743 bits per heavy atom. The molecule has 5 rings (SSSR count). The molecule has 3 heterocycles. The number of nitrogens with zero attached hydrogens (tertiary/aromatic N) is 6. The van der Waals surface area contributed by atoms with E-state index in [4.69, 9.17) is 23.9 Å². The van der Waals surface area contributed by atoms with Crippen LogP contribution in [0.3, 0.4) is 0 Å². The van der Waals surface area contributed by atoms with E-state index in [0.29, 0.717) is 44.1 Å². The lowest BCUT2D eigenvalue weighted by Crippen LogP contribution is -2.40. The van der Waals surface area contributed by atoms with Crippen molar-refractivity contribution in [2.24, 2.45) is 4.99 Å². The fraction of sp³-hybridized carbons (Fsp3) is 0.360. The Labute approximate surface area is 204 Å². The van der Waals surface area contributed by atoms with Crippen LogP contribution in [0.25, 0.3) is 0 Å². The Bertz CT molecular complexity index is 1090. The minimum absolute atomic E-state index is 0.266. The summed E-state index contributed by atoms with van der Waals surface area (Å²) in [6.45, 7) is 5.51. The van der Waals surface area contributed by atoms with Crippen molar-refractivity contribution in [2.45, 2.75) is 0 Å². The Kier molecular flexibility index (Phi) is 7.30. The van der Waals surface area contributed by atoms with Crippen molar-refractivity contribution >= 4 is 23.8 Å². The van der Waals surface area contributed by atoms with Gasteiger partial charge in [0.05, 0.1) is 39.2 Å². The lowest BCUT2D eigenvalue weighted by atomic mass is 10.2. The standard InChI is InChI=1S/C25H28N6O4/c1-32-21-8-4-20(5-9-21)26-18-19-2-6-22(7-3-19)35-25-28-23(30-10-14-33-15-11-30)27-24(29-25)31-12-16-34-17-13-31/h2-9,18H,10-17H2,1H3. The number of rotatable bonds is 7. The Morgan fingerprint density at radius 2 is 1.29 bits per heavy atom. The normalized spacial score (nSPS) is 16.5. The van der Waals surface area contributed by atoms with Crippen molar-refractivity contribution < 1.29 is 18.9 Å². The molecule has 0 aliphatic carbocycles. The van der Waals surface area contributed by atoms with E-state index >= 15 is 0 Å². The van der Waals surface area contributed by atoms with Crippen LogP contribution in [-0.4, -0.2) is 80.9 Å². The first-order valence-electron chi connectivity index (χ1n) is 11.6. The van der Waals surface area contributed by atoms with Gasteiger partial charge in [0.1, 0.15) is 11.5 Å². The first kappa shape index (κ1) is 23.0. The molecule has 0 amide bonds. The van der Waals surface area contributed by atoms with Gasteiger partial charge in [-0.3, -0.25) is 4.99 Å². The van der Waals surface area contributed by atoms with Gasteiger partial charge in [0, 0.05) is 32.4 Å². The number of methoxy groups -OCH3 is 1. The van der Waals surface area contributed by atoms with E-state index in [1.165, 1.54) is 0 Å². The molecule has 0 radical (unpaired) electrons. The third-order valence-corrected chi connectivity index (χ3v) is 5.70. The van der Waals surface area contributed by atoms with E-state index in [0.717, 1.165) is 43.2 Å². The molecule has 3 aromatic rings. The third-order valence-electron chi connectivity index (χ3n) is 5.70. The number of hydrogen-bond donors (Lipinski definition) is 0. The van der Waals surface area contributed by atoms with Gasteiger partial charge in [-0.25, -0.2) is 0 Å². The van der Waals surface area contributed by atoms with Crippen LogP contribution in [0.15, 0.2) is 53.5 Å². The van der Waals surface area contributed by atoms with Gasteiger partial charge in [0.25, 0.3) is 0 Å². The molecule has 2 fully saturated rings. The number of anilines is 2. The molecule has 0 N–H and O–H groups in total. The summed E-state index contributed by atoms with van der Waals surface area (Å²) < 4.78 is 22.2. The van der Waals surface area contributed by atoms with Gasteiger partial charge in [0.2, 0.25) is 11.9 Å². The molecule has 0 unspecified atom stereocenters. The Morgan fingerprint density at radius 3 is 1.83 bits per heavy atom. The summed E-state index contributed by atoms with van der Waals surface area (Å²) in [5, 5.41) is 0. The van der Waals surface area contributed by atoms with Crippen molar-refractivity contribution in [2.75, 3.05) is 69.5 Å². The van der Waals surface area contributed by atoms with Gasteiger partial charge in [-0.2, -0.15) is 15.0 Å². The maximum absolute atomic E-state index is 6.05. The van der Waals surface area contributed by atoms with Crippen LogP contribution < -0.4 is 19.3 Å². The number of hydrogen-bond acceptors (Lipinski definition) is 10. The van der Waals surface area contributed by atoms with Crippen molar-refractivity contribution in [3.8, 4) is 17.5 Å². The SMILES string of the molecule is COc1ccc(N=Cc2ccc(Oc3nc(N4CCOCC4)nc(N4CCOCC4)n3)cc2)cc1. The van der Waals surface area contributed by atoms with Gasteiger partial charge < -0.3 is 28.7 Å². The molecule has 0 bridgehead atoms. The molecule has 2 aliphatic heterocycles. The summed E-state index contributed by atoms with van der Waals surface area (Å²) in [5.74, 6) is 2.64. The molecule has 10 heteroatoms. The number of ether oxygens (including phenoxy) is 4. The van der Waals surface area contributed by atoms with Crippen LogP contribution in [0.5, 0.6) is 17.5 Å². The second-order valence-corrected chi connectivity index (χ2v) is 8.04. The van der Waals surface area contributed by atoms with E-state index in [-0.39, 0.29) is 6.01 Å². The molecule has 35 heavy (non-hydrogen) atoms. The summed E-state index contributed by atoms with van der Waals surface area (Å²) in [6.07, 6.45) is 1.81. The van der Waals surface area contributed by atoms with Crippen molar-refractivity contribution in [3.63, 3.8) is 0 Å². The fourth-order valence-electron chi connectivity index (χ4n) is 3.74. The average molecular weight is 477 g/mol. The van der Waals surface area contributed by atoms with E-state index in [9.17, 15) is 0 Å². The largest absolute Gasteiger partial charge is 0.497 e. The number of morpholine rings is 2. The third kappa shape index (κ3) is 6.03. The molecule has 182 valence electrons. The monoisotopic (exact) mass is 476 g/mol. The highest BCUT2D eigenvalue weighted by Gasteiger charge is 2.21. The maximum atomic E-state index is 6.05. The molecule has 1 aromatic heterocycles. The first-order chi connectivity index (χ1) is 17.3. The predicted molar refractivity (Wildman–Crippen MR) is 133 cm³/mol. The second-order valence-electron chi connectivity index (χ2n) is 8.04. The molecule has 2 aromatic carbocycles. The van der Waals surface area contributed by atoms with Gasteiger partial charge in [-0.1, -0.05) is 0 Å². The second kappa shape index (κ2) is 11.1. The Hall–Kier alpha value is -3.76. The predicted octanol–water partition coefficient (Wildman–Crippen LogP) is 3.10.